The predicted octanol–water partition coefficient (Wildman–Crippen LogP) is 6.82. The number of nitriles is 1. The molecular formula is C27H27Cl2FN2O. The molecule has 3 aromatic rings. The molecule has 0 saturated heterocycles. The molecule has 3 atom stereocenters. The highest BCUT2D eigenvalue weighted by atomic mass is 35.5. The second-order valence-electron chi connectivity index (χ2n) is 8.88. The van der Waals surface area contributed by atoms with E-state index in [0.29, 0.717) is 22.6 Å². The van der Waals surface area contributed by atoms with Crippen molar-refractivity contribution in [2.24, 2.45) is 0 Å². The average Bonchev–Trinajstić information content (AvgIpc) is 2.76. The van der Waals surface area contributed by atoms with Gasteiger partial charge in [0.05, 0.1) is 23.3 Å². The molecule has 2 N–H and O–H groups in total. The first-order valence-electron chi connectivity index (χ1n) is 10.8. The molecule has 0 aliphatic carbocycles. The number of benzene rings is 3. The van der Waals surface area contributed by atoms with E-state index in [1.54, 1.807) is 26.0 Å². The Morgan fingerprint density at radius 2 is 1.76 bits per heavy atom. The SMILES string of the molecule is C[C@H](NC(c1ccc(F)cc1Cl)C(C)(C)O)[C@@H](Cc1ccc(Cl)cc1)c1cccc(C#N)c1. The van der Waals surface area contributed by atoms with Crippen molar-refractivity contribution >= 4 is 23.2 Å². The Hall–Kier alpha value is -2.42. The molecular weight excluding hydrogens is 458 g/mol. The summed E-state index contributed by atoms with van der Waals surface area (Å²) < 4.78 is 13.7. The molecule has 33 heavy (non-hydrogen) atoms. The summed E-state index contributed by atoms with van der Waals surface area (Å²) in [6.07, 6.45) is 0.690. The zero-order valence-corrected chi connectivity index (χ0v) is 20.3. The van der Waals surface area contributed by atoms with E-state index in [4.69, 9.17) is 23.2 Å². The van der Waals surface area contributed by atoms with Crippen molar-refractivity contribution in [2.75, 3.05) is 0 Å². The predicted molar refractivity (Wildman–Crippen MR) is 132 cm³/mol. The van der Waals surface area contributed by atoms with Gasteiger partial charge >= 0.3 is 0 Å². The quantitative estimate of drug-likeness (QED) is 0.368. The first-order valence-corrected chi connectivity index (χ1v) is 11.5. The molecule has 0 fully saturated rings. The summed E-state index contributed by atoms with van der Waals surface area (Å²) in [6, 6.07) is 21.0. The fourth-order valence-corrected chi connectivity index (χ4v) is 4.49. The van der Waals surface area contributed by atoms with Gasteiger partial charge in [0.2, 0.25) is 0 Å². The van der Waals surface area contributed by atoms with Crippen molar-refractivity contribution in [3.8, 4) is 6.07 Å². The van der Waals surface area contributed by atoms with Gasteiger partial charge in [-0.15, -0.1) is 0 Å². The Bertz CT molecular complexity index is 1140. The number of halogens is 3. The first-order chi connectivity index (χ1) is 15.6. The lowest BCUT2D eigenvalue weighted by molar-refractivity contribution is 0.0316. The number of hydrogen-bond acceptors (Lipinski definition) is 3. The minimum atomic E-state index is -1.17. The van der Waals surface area contributed by atoms with Crippen LogP contribution in [0.5, 0.6) is 0 Å². The monoisotopic (exact) mass is 484 g/mol. The van der Waals surface area contributed by atoms with Gasteiger partial charge in [0.25, 0.3) is 0 Å². The highest BCUT2D eigenvalue weighted by Crippen LogP contribution is 2.34. The second kappa shape index (κ2) is 10.7. The van der Waals surface area contributed by atoms with E-state index in [2.05, 4.69) is 11.4 Å². The summed E-state index contributed by atoms with van der Waals surface area (Å²) in [5, 5.41) is 24.8. The number of nitrogens with zero attached hydrogens (tertiary/aromatic N) is 1. The Balaban J connectivity index is 1.98. The molecule has 3 nitrogen and oxygen atoms in total. The molecule has 0 aliphatic heterocycles. The minimum Gasteiger partial charge on any atom is -0.388 e. The van der Waals surface area contributed by atoms with Crippen LogP contribution in [0.2, 0.25) is 10.0 Å². The summed E-state index contributed by atoms with van der Waals surface area (Å²) in [7, 11) is 0. The molecule has 0 heterocycles. The highest BCUT2D eigenvalue weighted by molar-refractivity contribution is 6.31. The molecule has 0 bridgehead atoms. The van der Waals surface area contributed by atoms with Gasteiger partial charge in [0, 0.05) is 22.0 Å². The maximum atomic E-state index is 13.7. The van der Waals surface area contributed by atoms with Crippen LogP contribution in [0.4, 0.5) is 4.39 Å². The fourth-order valence-electron chi connectivity index (χ4n) is 4.09. The van der Waals surface area contributed by atoms with Crippen LogP contribution >= 0.6 is 23.2 Å². The third kappa shape index (κ3) is 6.56. The maximum absolute atomic E-state index is 13.7. The van der Waals surface area contributed by atoms with E-state index in [-0.39, 0.29) is 17.0 Å². The van der Waals surface area contributed by atoms with Crippen LogP contribution in [0.15, 0.2) is 66.7 Å². The van der Waals surface area contributed by atoms with E-state index in [1.807, 2.05) is 49.4 Å². The number of rotatable bonds is 8. The van der Waals surface area contributed by atoms with Gasteiger partial charge in [-0.2, -0.15) is 5.26 Å². The molecule has 1 unspecified atom stereocenters. The molecule has 0 aliphatic rings. The third-order valence-electron chi connectivity index (χ3n) is 5.83. The largest absolute Gasteiger partial charge is 0.388 e. The molecule has 0 saturated carbocycles. The van der Waals surface area contributed by atoms with Crippen molar-refractivity contribution in [3.63, 3.8) is 0 Å². The Labute approximate surface area is 204 Å². The Kier molecular flexibility index (Phi) is 8.15. The molecule has 0 radical (unpaired) electrons. The lowest BCUT2D eigenvalue weighted by Gasteiger charge is -2.36. The first kappa shape index (κ1) is 25.2. The van der Waals surface area contributed by atoms with Crippen molar-refractivity contribution in [1.29, 1.82) is 5.26 Å². The third-order valence-corrected chi connectivity index (χ3v) is 6.41. The van der Waals surface area contributed by atoms with Crippen LogP contribution in [-0.4, -0.2) is 16.7 Å². The van der Waals surface area contributed by atoms with Gasteiger partial charge in [0.15, 0.2) is 0 Å². The van der Waals surface area contributed by atoms with E-state index >= 15 is 0 Å². The van der Waals surface area contributed by atoms with E-state index < -0.39 is 17.5 Å². The van der Waals surface area contributed by atoms with Gasteiger partial charge in [-0.3, -0.25) is 0 Å². The van der Waals surface area contributed by atoms with Crippen molar-refractivity contribution in [1.82, 2.24) is 5.32 Å². The van der Waals surface area contributed by atoms with Crippen molar-refractivity contribution < 1.29 is 9.50 Å². The zero-order chi connectivity index (χ0) is 24.2. The standard InChI is InChI=1S/C27H27Cl2FN2O/c1-17(32-26(27(2,3)33)23-12-11-22(30)15-25(23)29)24(14-18-7-9-21(28)10-8-18)20-6-4-5-19(13-20)16-31/h4-13,15,17,24,26,32-33H,14H2,1-3H3/t17-,24+,26?/m0/s1. The van der Waals surface area contributed by atoms with Crippen LogP contribution in [0.1, 0.15) is 55.0 Å². The molecule has 0 amide bonds. The van der Waals surface area contributed by atoms with Crippen LogP contribution in [-0.2, 0) is 6.42 Å². The molecule has 0 spiro atoms. The van der Waals surface area contributed by atoms with Gasteiger partial charge in [-0.05, 0) is 80.3 Å². The van der Waals surface area contributed by atoms with E-state index in [0.717, 1.165) is 11.1 Å². The van der Waals surface area contributed by atoms with Crippen LogP contribution in [0.3, 0.4) is 0 Å². The van der Waals surface area contributed by atoms with Gasteiger partial charge < -0.3 is 10.4 Å². The van der Waals surface area contributed by atoms with Gasteiger partial charge in [-0.25, -0.2) is 4.39 Å². The van der Waals surface area contributed by atoms with E-state index in [9.17, 15) is 14.8 Å². The van der Waals surface area contributed by atoms with Crippen LogP contribution in [0.25, 0.3) is 0 Å². The minimum absolute atomic E-state index is 0.0245. The topological polar surface area (TPSA) is 56.0 Å². The maximum Gasteiger partial charge on any atom is 0.124 e. The lowest BCUT2D eigenvalue weighted by atomic mass is 9.83. The lowest BCUT2D eigenvalue weighted by Crippen LogP contribution is -2.45. The summed E-state index contributed by atoms with van der Waals surface area (Å²) in [4.78, 5) is 0. The van der Waals surface area contributed by atoms with Crippen LogP contribution in [0, 0.1) is 17.1 Å². The molecule has 0 aromatic heterocycles. The molecule has 6 heteroatoms. The average molecular weight is 485 g/mol. The summed E-state index contributed by atoms with van der Waals surface area (Å²) in [5.74, 6) is -0.455. The fraction of sp³-hybridized carbons (Fsp3) is 0.296. The summed E-state index contributed by atoms with van der Waals surface area (Å²) in [5.41, 5.74) is 2.13. The van der Waals surface area contributed by atoms with Crippen molar-refractivity contribution in [3.05, 3.63) is 105 Å². The Morgan fingerprint density at radius 1 is 1.06 bits per heavy atom. The molecule has 172 valence electrons. The number of hydrogen-bond donors (Lipinski definition) is 2. The van der Waals surface area contributed by atoms with Gasteiger partial charge in [0.1, 0.15) is 5.82 Å². The summed E-state index contributed by atoms with van der Waals surface area (Å²) in [6.45, 7) is 5.43. The normalized spacial score (nSPS) is 14.4. The smallest absolute Gasteiger partial charge is 0.124 e. The zero-order valence-electron chi connectivity index (χ0n) is 18.8. The number of aliphatic hydroxyl groups is 1. The molecule has 3 rings (SSSR count). The highest BCUT2D eigenvalue weighted by Gasteiger charge is 2.33. The Morgan fingerprint density at radius 3 is 2.36 bits per heavy atom. The van der Waals surface area contributed by atoms with E-state index in [1.165, 1.54) is 12.1 Å². The van der Waals surface area contributed by atoms with Crippen molar-refractivity contribution in [2.45, 2.75) is 50.8 Å². The number of nitrogens with one attached hydrogen (secondary N) is 1. The second-order valence-corrected chi connectivity index (χ2v) is 9.73. The van der Waals surface area contributed by atoms with Gasteiger partial charge in [-0.1, -0.05) is 53.5 Å². The summed E-state index contributed by atoms with van der Waals surface area (Å²) >= 11 is 12.4. The molecule has 3 aromatic carbocycles. The van der Waals surface area contributed by atoms with Crippen LogP contribution < -0.4 is 5.32 Å².